The van der Waals surface area contributed by atoms with Gasteiger partial charge in [-0.2, -0.15) is 0 Å². The molecule has 5 nitrogen and oxygen atoms in total. The topological polar surface area (TPSA) is 42.0 Å². The van der Waals surface area contributed by atoms with Crippen molar-refractivity contribution in [1.82, 2.24) is 9.80 Å². The minimum atomic E-state index is 0.236. The molecule has 2 saturated heterocycles. The van der Waals surface area contributed by atoms with Crippen molar-refractivity contribution >= 4 is 5.91 Å². The summed E-state index contributed by atoms with van der Waals surface area (Å²) in [4.78, 5) is 17.3. The van der Waals surface area contributed by atoms with Gasteiger partial charge in [-0.15, -0.1) is 0 Å². The van der Waals surface area contributed by atoms with Crippen LogP contribution in [0.4, 0.5) is 0 Å². The van der Waals surface area contributed by atoms with Crippen LogP contribution in [0.1, 0.15) is 44.7 Å². The fourth-order valence-electron chi connectivity index (χ4n) is 4.60. The van der Waals surface area contributed by atoms with E-state index in [-0.39, 0.29) is 11.9 Å². The van der Waals surface area contributed by atoms with E-state index >= 15 is 0 Å². The number of nitrogens with zero attached hydrogens (tertiary/aromatic N) is 2. The van der Waals surface area contributed by atoms with Gasteiger partial charge in [0.25, 0.3) is 0 Å². The average molecular weight is 360 g/mol. The molecular weight excluding hydrogens is 328 g/mol. The predicted molar refractivity (Wildman–Crippen MR) is 103 cm³/mol. The third-order valence-corrected chi connectivity index (χ3v) is 5.72. The number of rotatable bonds is 5. The average Bonchev–Trinajstić information content (AvgIpc) is 3.08. The normalized spacial score (nSPS) is 26.8. The molecule has 0 spiro atoms. The maximum Gasteiger partial charge on any atom is 0.236 e. The molecule has 2 fully saturated rings. The molecule has 1 amide bonds. The summed E-state index contributed by atoms with van der Waals surface area (Å²) in [5.41, 5.74) is 1.15. The van der Waals surface area contributed by atoms with Gasteiger partial charge in [0.1, 0.15) is 11.5 Å². The van der Waals surface area contributed by atoms with Gasteiger partial charge in [-0.1, -0.05) is 19.9 Å². The number of piperidine rings is 1. The molecule has 3 atom stereocenters. The number of hydrogen-bond acceptors (Lipinski definition) is 4. The Kier molecular flexibility index (Phi) is 6.07. The van der Waals surface area contributed by atoms with Crippen LogP contribution in [0.5, 0.6) is 11.5 Å². The van der Waals surface area contributed by atoms with Crippen molar-refractivity contribution < 1.29 is 14.3 Å². The van der Waals surface area contributed by atoms with Crippen LogP contribution in [0.25, 0.3) is 0 Å². The van der Waals surface area contributed by atoms with E-state index in [1.165, 1.54) is 6.42 Å². The molecule has 26 heavy (non-hydrogen) atoms. The van der Waals surface area contributed by atoms with E-state index in [9.17, 15) is 4.79 Å². The highest BCUT2D eigenvalue weighted by atomic mass is 16.5. The molecule has 3 rings (SSSR count). The van der Waals surface area contributed by atoms with E-state index in [0.717, 1.165) is 49.5 Å². The van der Waals surface area contributed by atoms with Crippen LogP contribution in [-0.2, 0) is 4.79 Å². The largest absolute Gasteiger partial charge is 0.497 e. The van der Waals surface area contributed by atoms with Crippen molar-refractivity contribution in [2.75, 3.05) is 40.4 Å². The predicted octanol–water partition coefficient (Wildman–Crippen LogP) is 3.35. The number of hydrogen-bond donors (Lipinski definition) is 0. The summed E-state index contributed by atoms with van der Waals surface area (Å²) in [6.45, 7) is 7.75. The van der Waals surface area contributed by atoms with Gasteiger partial charge >= 0.3 is 0 Å². The highest BCUT2D eigenvalue weighted by molar-refractivity contribution is 5.78. The molecule has 2 aliphatic heterocycles. The summed E-state index contributed by atoms with van der Waals surface area (Å²) in [5.74, 6) is 3.09. The van der Waals surface area contributed by atoms with Gasteiger partial charge in [0.2, 0.25) is 5.91 Å². The Bertz CT molecular complexity index is 624. The quantitative estimate of drug-likeness (QED) is 0.808. The minimum absolute atomic E-state index is 0.236. The number of carbonyl (C=O) groups is 1. The zero-order valence-corrected chi connectivity index (χ0v) is 16.5. The second-order valence-electron chi connectivity index (χ2n) is 7.98. The number of carbonyl (C=O) groups excluding carboxylic acids is 1. The van der Waals surface area contributed by atoms with Crippen molar-refractivity contribution in [3.05, 3.63) is 23.8 Å². The van der Waals surface area contributed by atoms with Gasteiger partial charge in [-0.25, -0.2) is 0 Å². The molecular formula is C21H32N2O3. The van der Waals surface area contributed by atoms with E-state index in [0.29, 0.717) is 18.4 Å². The fraction of sp³-hybridized carbons (Fsp3) is 0.667. The molecule has 1 aromatic carbocycles. The first-order chi connectivity index (χ1) is 12.5. The lowest BCUT2D eigenvalue weighted by atomic mass is 9.92. The summed E-state index contributed by atoms with van der Waals surface area (Å²) >= 11 is 0. The molecule has 0 bridgehead atoms. The molecule has 0 aliphatic carbocycles. The second-order valence-corrected chi connectivity index (χ2v) is 7.98. The first-order valence-corrected chi connectivity index (χ1v) is 9.75. The Morgan fingerprint density at radius 1 is 1.15 bits per heavy atom. The van der Waals surface area contributed by atoms with Gasteiger partial charge in [0.05, 0.1) is 20.8 Å². The molecule has 5 heteroatoms. The molecule has 0 N–H and O–H groups in total. The van der Waals surface area contributed by atoms with Crippen molar-refractivity contribution in [2.24, 2.45) is 11.8 Å². The van der Waals surface area contributed by atoms with E-state index in [4.69, 9.17) is 9.47 Å². The van der Waals surface area contributed by atoms with Crippen LogP contribution in [0.2, 0.25) is 0 Å². The van der Waals surface area contributed by atoms with Gasteiger partial charge in [0, 0.05) is 30.8 Å². The molecule has 2 heterocycles. The lowest BCUT2D eigenvalue weighted by Gasteiger charge is -2.36. The Morgan fingerprint density at radius 2 is 1.88 bits per heavy atom. The third kappa shape index (κ3) is 4.14. The van der Waals surface area contributed by atoms with Gasteiger partial charge < -0.3 is 14.4 Å². The highest BCUT2D eigenvalue weighted by Crippen LogP contribution is 2.38. The second kappa shape index (κ2) is 8.30. The van der Waals surface area contributed by atoms with E-state index in [1.807, 2.05) is 12.1 Å². The summed E-state index contributed by atoms with van der Waals surface area (Å²) < 4.78 is 10.9. The first-order valence-electron chi connectivity index (χ1n) is 9.75. The molecule has 0 aromatic heterocycles. The Morgan fingerprint density at radius 3 is 2.54 bits per heavy atom. The SMILES string of the molecule is COc1ccc([C@@H]2CCCN2CC(=O)N2C[C@H](C)C[C@H](C)C2)c(OC)c1. The minimum Gasteiger partial charge on any atom is -0.497 e. The lowest BCUT2D eigenvalue weighted by Crippen LogP contribution is -2.46. The maximum absolute atomic E-state index is 12.9. The number of benzene rings is 1. The number of methoxy groups -OCH3 is 2. The Labute approximate surface area is 157 Å². The summed E-state index contributed by atoms with van der Waals surface area (Å²) in [5, 5.41) is 0. The van der Waals surface area contributed by atoms with Crippen LogP contribution in [0.15, 0.2) is 18.2 Å². The highest BCUT2D eigenvalue weighted by Gasteiger charge is 2.32. The van der Waals surface area contributed by atoms with Crippen molar-refractivity contribution in [3.63, 3.8) is 0 Å². The molecule has 144 valence electrons. The number of amides is 1. The molecule has 1 aromatic rings. The zero-order chi connectivity index (χ0) is 18.7. The zero-order valence-electron chi connectivity index (χ0n) is 16.5. The van der Waals surface area contributed by atoms with E-state index in [2.05, 4.69) is 29.7 Å². The smallest absolute Gasteiger partial charge is 0.236 e. The maximum atomic E-state index is 12.9. The van der Waals surface area contributed by atoms with Crippen molar-refractivity contribution in [1.29, 1.82) is 0 Å². The monoisotopic (exact) mass is 360 g/mol. The molecule has 0 saturated carbocycles. The Hall–Kier alpha value is -1.75. The fourth-order valence-corrected chi connectivity index (χ4v) is 4.60. The molecule has 0 radical (unpaired) electrons. The van der Waals surface area contributed by atoms with Crippen LogP contribution >= 0.6 is 0 Å². The first kappa shape index (κ1) is 19.0. The summed E-state index contributed by atoms with van der Waals surface area (Å²) in [6, 6.07) is 6.22. The van der Waals surface area contributed by atoms with Gasteiger partial charge in [0.15, 0.2) is 0 Å². The Balaban J connectivity index is 1.71. The number of likely N-dealkylation sites (tertiary alicyclic amines) is 2. The van der Waals surface area contributed by atoms with E-state index < -0.39 is 0 Å². The van der Waals surface area contributed by atoms with Crippen LogP contribution in [0.3, 0.4) is 0 Å². The van der Waals surface area contributed by atoms with Crippen molar-refractivity contribution in [2.45, 2.75) is 39.2 Å². The van der Waals surface area contributed by atoms with Crippen LogP contribution in [0, 0.1) is 11.8 Å². The van der Waals surface area contributed by atoms with Crippen LogP contribution in [-0.4, -0.2) is 56.1 Å². The van der Waals surface area contributed by atoms with Gasteiger partial charge in [-0.05, 0) is 43.7 Å². The lowest BCUT2D eigenvalue weighted by molar-refractivity contribution is -0.135. The summed E-state index contributed by atoms with van der Waals surface area (Å²) in [6.07, 6.45) is 3.39. The van der Waals surface area contributed by atoms with Crippen molar-refractivity contribution in [3.8, 4) is 11.5 Å². The van der Waals surface area contributed by atoms with Gasteiger partial charge in [-0.3, -0.25) is 9.69 Å². The third-order valence-electron chi connectivity index (χ3n) is 5.72. The summed E-state index contributed by atoms with van der Waals surface area (Å²) in [7, 11) is 3.36. The number of ether oxygens (including phenoxy) is 2. The van der Waals surface area contributed by atoms with E-state index in [1.54, 1.807) is 14.2 Å². The van der Waals surface area contributed by atoms with Crippen LogP contribution < -0.4 is 9.47 Å². The standard InChI is InChI=1S/C21H32N2O3/c1-15-10-16(2)13-23(12-15)21(24)14-22-9-5-6-19(22)18-8-7-17(25-3)11-20(18)26-4/h7-8,11,15-16,19H,5-6,9-10,12-14H2,1-4H3/t15-,16+,19-/m0/s1. The molecule has 2 aliphatic rings. The molecule has 0 unspecified atom stereocenters.